The highest BCUT2D eigenvalue weighted by molar-refractivity contribution is 14.1. The highest BCUT2D eigenvalue weighted by Gasteiger charge is 2.20. The van der Waals surface area contributed by atoms with Crippen molar-refractivity contribution in [2.75, 3.05) is 0 Å². The number of pyridine rings is 1. The number of hydrogen-bond acceptors (Lipinski definition) is 3. The molecule has 0 saturated carbocycles. The molecule has 1 aromatic heterocycles. The van der Waals surface area contributed by atoms with E-state index in [1.54, 1.807) is 22.6 Å². The molecule has 0 saturated heterocycles. The number of aromatic nitrogens is 1. The average molecular weight is 333 g/mol. The highest BCUT2D eigenvalue weighted by atomic mass is 127. The number of aromatic hydroxyl groups is 1. The van der Waals surface area contributed by atoms with E-state index in [9.17, 15) is 13.6 Å². The molecule has 14 heavy (non-hydrogen) atoms. The Labute approximate surface area is 96.2 Å². The van der Waals surface area contributed by atoms with E-state index in [0.717, 1.165) is 6.07 Å². The van der Waals surface area contributed by atoms with Gasteiger partial charge >= 0.3 is 0 Å². The van der Waals surface area contributed by atoms with Crippen molar-refractivity contribution in [2.24, 2.45) is 0 Å². The summed E-state index contributed by atoms with van der Waals surface area (Å²) in [5.74, 6) is -0.647. The lowest BCUT2D eigenvalue weighted by Gasteiger charge is -2.05. The summed E-state index contributed by atoms with van der Waals surface area (Å²) >= 11 is 6.77. The van der Waals surface area contributed by atoms with E-state index in [4.69, 9.17) is 16.7 Å². The van der Waals surface area contributed by atoms with Gasteiger partial charge in [0, 0.05) is 3.57 Å². The molecule has 0 radical (unpaired) electrons. The molecule has 76 valence electrons. The molecule has 1 heterocycles. The van der Waals surface area contributed by atoms with Crippen LogP contribution in [0, 0.1) is 3.57 Å². The molecule has 0 spiro atoms. The van der Waals surface area contributed by atoms with Crippen LogP contribution in [0.1, 0.15) is 22.6 Å². The van der Waals surface area contributed by atoms with Crippen LogP contribution in [0.4, 0.5) is 8.78 Å². The van der Waals surface area contributed by atoms with E-state index in [1.807, 2.05) is 0 Å². The highest BCUT2D eigenvalue weighted by Crippen LogP contribution is 2.29. The fourth-order valence-electron chi connectivity index (χ4n) is 0.792. The third kappa shape index (κ3) is 2.30. The van der Waals surface area contributed by atoms with Crippen molar-refractivity contribution in [1.29, 1.82) is 0 Å². The van der Waals surface area contributed by atoms with Crippen LogP contribution in [0.5, 0.6) is 5.75 Å². The van der Waals surface area contributed by atoms with Crippen molar-refractivity contribution in [3.05, 3.63) is 21.0 Å². The van der Waals surface area contributed by atoms with Crippen molar-refractivity contribution in [2.45, 2.75) is 6.43 Å². The summed E-state index contributed by atoms with van der Waals surface area (Å²) in [7, 11) is 0. The van der Waals surface area contributed by atoms with Gasteiger partial charge in [-0.05, 0) is 40.3 Å². The van der Waals surface area contributed by atoms with Gasteiger partial charge in [-0.3, -0.25) is 4.79 Å². The molecule has 0 amide bonds. The first kappa shape index (κ1) is 11.6. The van der Waals surface area contributed by atoms with Gasteiger partial charge in [-0.25, -0.2) is 13.8 Å². The van der Waals surface area contributed by atoms with Gasteiger partial charge in [0.25, 0.3) is 11.7 Å². The topological polar surface area (TPSA) is 50.2 Å². The van der Waals surface area contributed by atoms with E-state index < -0.39 is 23.1 Å². The maximum absolute atomic E-state index is 12.2. The van der Waals surface area contributed by atoms with Crippen molar-refractivity contribution >= 4 is 39.4 Å². The van der Waals surface area contributed by atoms with Gasteiger partial charge in [0.05, 0.1) is 0 Å². The number of nitrogens with zero attached hydrogens (tertiary/aromatic N) is 1. The Morgan fingerprint density at radius 2 is 2.21 bits per heavy atom. The largest absolute Gasteiger partial charge is 0.506 e. The summed E-state index contributed by atoms with van der Waals surface area (Å²) in [6, 6.07) is 1.02. The molecule has 1 N–H and O–H groups in total. The summed E-state index contributed by atoms with van der Waals surface area (Å²) < 4.78 is 24.7. The van der Waals surface area contributed by atoms with E-state index in [1.165, 1.54) is 0 Å². The maximum atomic E-state index is 12.2. The summed E-state index contributed by atoms with van der Waals surface area (Å²) in [5, 5.41) is 8.13. The van der Waals surface area contributed by atoms with Gasteiger partial charge in [-0.15, -0.1) is 0 Å². The van der Waals surface area contributed by atoms with Crippen LogP contribution >= 0.6 is 34.2 Å². The Morgan fingerprint density at radius 3 is 2.64 bits per heavy atom. The minimum Gasteiger partial charge on any atom is -0.506 e. The Kier molecular flexibility index (Phi) is 3.59. The van der Waals surface area contributed by atoms with E-state index in [0.29, 0.717) is 0 Å². The maximum Gasteiger partial charge on any atom is 0.284 e. The van der Waals surface area contributed by atoms with Gasteiger partial charge in [-0.2, -0.15) is 0 Å². The molecule has 3 nitrogen and oxygen atoms in total. The molecule has 0 atom stereocenters. The monoisotopic (exact) mass is 333 g/mol. The normalized spacial score (nSPS) is 10.6. The number of carbonyl (C=O) groups excluding carboxylic acids is 1. The van der Waals surface area contributed by atoms with Gasteiger partial charge in [0.1, 0.15) is 17.1 Å². The molecule has 0 fully saturated rings. The second kappa shape index (κ2) is 4.35. The van der Waals surface area contributed by atoms with E-state index in [2.05, 4.69) is 4.98 Å². The van der Waals surface area contributed by atoms with Crippen LogP contribution in [0.25, 0.3) is 0 Å². The van der Waals surface area contributed by atoms with Crippen LogP contribution in [-0.4, -0.2) is 15.3 Å². The molecular formula is C7H3ClF2INO2. The van der Waals surface area contributed by atoms with Gasteiger partial charge in [0.2, 0.25) is 0 Å². The first-order valence-electron chi connectivity index (χ1n) is 3.31. The lowest BCUT2D eigenvalue weighted by molar-refractivity contribution is 0.107. The van der Waals surface area contributed by atoms with Crippen LogP contribution in [0.3, 0.4) is 0 Å². The zero-order chi connectivity index (χ0) is 10.9. The summed E-state index contributed by atoms with van der Waals surface area (Å²) in [6.45, 7) is 0. The molecule has 0 aliphatic rings. The fraction of sp³-hybridized carbons (Fsp3) is 0.143. The predicted molar refractivity (Wildman–Crippen MR) is 53.8 cm³/mol. The van der Waals surface area contributed by atoms with Crippen LogP contribution in [0.15, 0.2) is 6.07 Å². The molecule has 0 aliphatic carbocycles. The second-order valence-electron chi connectivity index (χ2n) is 2.30. The zero-order valence-electron chi connectivity index (χ0n) is 6.47. The molecule has 7 heteroatoms. The fourth-order valence-corrected chi connectivity index (χ4v) is 1.76. The van der Waals surface area contributed by atoms with Crippen LogP contribution < -0.4 is 0 Å². The Morgan fingerprint density at radius 1 is 1.64 bits per heavy atom. The minimum atomic E-state index is -2.94. The zero-order valence-corrected chi connectivity index (χ0v) is 9.38. The van der Waals surface area contributed by atoms with Crippen molar-refractivity contribution in [3.8, 4) is 5.75 Å². The Balaban J connectivity index is 3.34. The molecule has 1 aromatic rings. The number of halogens is 4. The number of rotatable bonds is 2. The Bertz CT molecular complexity index is 386. The predicted octanol–water partition coefficient (Wildman–Crippen LogP) is 2.71. The van der Waals surface area contributed by atoms with Gasteiger partial charge in [-0.1, -0.05) is 0 Å². The number of carbonyl (C=O) groups is 1. The summed E-state index contributed by atoms with van der Waals surface area (Å²) in [5.41, 5.74) is -1.12. The Hall–Kier alpha value is -0.500. The summed E-state index contributed by atoms with van der Waals surface area (Å²) in [6.07, 6.45) is -2.94. The third-order valence-electron chi connectivity index (χ3n) is 1.38. The first-order valence-corrected chi connectivity index (χ1v) is 4.76. The molecule has 0 bridgehead atoms. The van der Waals surface area contributed by atoms with Crippen LogP contribution in [0.2, 0.25) is 0 Å². The quantitative estimate of drug-likeness (QED) is 0.669. The van der Waals surface area contributed by atoms with E-state index in [-0.39, 0.29) is 9.26 Å². The smallest absolute Gasteiger partial charge is 0.284 e. The molecule has 0 unspecified atom stereocenters. The standard InChI is InChI=1S/C7H3ClF2INO2/c8-6(14)4-2(11)1-3(13)5(12-4)7(9)10/h1,7,13H. The van der Waals surface area contributed by atoms with E-state index >= 15 is 0 Å². The molecule has 0 aromatic carbocycles. The van der Waals surface area contributed by atoms with Crippen LogP contribution in [-0.2, 0) is 0 Å². The van der Waals surface area contributed by atoms with Crippen molar-refractivity contribution in [1.82, 2.24) is 4.98 Å². The van der Waals surface area contributed by atoms with Crippen molar-refractivity contribution < 1.29 is 18.7 Å². The SMILES string of the molecule is O=C(Cl)c1nc(C(F)F)c(O)cc1I. The lowest BCUT2D eigenvalue weighted by atomic mass is 10.3. The van der Waals surface area contributed by atoms with Crippen molar-refractivity contribution in [3.63, 3.8) is 0 Å². The lowest BCUT2D eigenvalue weighted by Crippen LogP contribution is -2.02. The number of hydrogen-bond donors (Lipinski definition) is 1. The molecular weight excluding hydrogens is 330 g/mol. The average Bonchev–Trinajstić information content (AvgIpc) is 2.02. The molecule has 0 aliphatic heterocycles. The minimum absolute atomic E-state index is 0.226. The molecule has 1 rings (SSSR count). The third-order valence-corrected chi connectivity index (χ3v) is 2.38. The number of alkyl halides is 2. The first-order chi connectivity index (χ1) is 6.43. The second-order valence-corrected chi connectivity index (χ2v) is 3.80. The summed E-state index contributed by atoms with van der Waals surface area (Å²) in [4.78, 5) is 14.0. The van der Waals surface area contributed by atoms with Gasteiger partial charge in [0.15, 0.2) is 0 Å². The van der Waals surface area contributed by atoms with Gasteiger partial charge < -0.3 is 5.11 Å².